The van der Waals surface area contributed by atoms with Gasteiger partial charge in [0.15, 0.2) is 0 Å². The summed E-state index contributed by atoms with van der Waals surface area (Å²) < 4.78 is 0. The lowest BCUT2D eigenvalue weighted by Gasteiger charge is -2.01. The van der Waals surface area contributed by atoms with Gasteiger partial charge in [-0.15, -0.1) is 34.3 Å². The first-order chi connectivity index (χ1) is 8.28. The Kier molecular flexibility index (Phi) is 4.53. The van der Waals surface area contributed by atoms with E-state index < -0.39 is 0 Å². The second-order valence-electron chi connectivity index (χ2n) is 3.40. The number of carbonyl (C=O) groups excluding carboxylic acids is 1. The van der Waals surface area contributed by atoms with Crippen molar-refractivity contribution < 1.29 is 4.79 Å². The molecule has 0 saturated carbocycles. The summed E-state index contributed by atoms with van der Waals surface area (Å²) in [5.41, 5.74) is 0.831. The number of thiophene rings is 1. The van der Waals surface area contributed by atoms with E-state index in [-0.39, 0.29) is 5.91 Å². The summed E-state index contributed by atoms with van der Waals surface area (Å²) in [7, 11) is 0. The standard InChI is InChI=1S/C11H11ClN2OS2/c12-5-8-7-17-11(14-8)4-10(15)13-6-9-2-1-3-16-9/h1-3,7H,4-6H2,(H,13,15). The van der Waals surface area contributed by atoms with Crippen LogP contribution < -0.4 is 5.32 Å². The maximum atomic E-state index is 11.6. The first-order valence-corrected chi connectivity index (χ1v) is 7.35. The molecule has 2 aromatic rings. The molecule has 1 amide bonds. The van der Waals surface area contributed by atoms with Gasteiger partial charge < -0.3 is 5.32 Å². The van der Waals surface area contributed by atoms with Gasteiger partial charge in [-0.1, -0.05) is 6.07 Å². The van der Waals surface area contributed by atoms with Gasteiger partial charge in [-0.25, -0.2) is 4.98 Å². The number of aromatic nitrogens is 1. The minimum absolute atomic E-state index is 0.00567. The predicted molar refractivity (Wildman–Crippen MR) is 71.5 cm³/mol. The van der Waals surface area contributed by atoms with Crippen LogP contribution in [-0.2, 0) is 23.6 Å². The molecule has 0 radical (unpaired) electrons. The largest absolute Gasteiger partial charge is 0.351 e. The molecular formula is C11H11ClN2OS2. The van der Waals surface area contributed by atoms with E-state index in [0.29, 0.717) is 18.8 Å². The molecule has 0 unspecified atom stereocenters. The molecule has 0 atom stereocenters. The highest BCUT2D eigenvalue weighted by atomic mass is 35.5. The molecule has 2 rings (SSSR count). The summed E-state index contributed by atoms with van der Waals surface area (Å²) >= 11 is 8.76. The van der Waals surface area contributed by atoms with Crippen LogP contribution >= 0.6 is 34.3 Å². The van der Waals surface area contributed by atoms with Crippen molar-refractivity contribution in [2.45, 2.75) is 18.8 Å². The van der Waals surface area contributed by atoms with Gasteiger partial charge in [0.1, 0.15) is 5.01 Å². The van der Waals surface area contributed by atoms with Crippen LogP contribution in [0.1, 0.15) is 15.6 Å². The molecule has 2 heterocycles. The number of hydrogen-bond donors (Lipinski definition) is 1. The van der Waals surface area contributed by atoms with Gasteiger partial charge >= 0.3 is 0 Å². The van der Waals surface area contributed by atoms with Gasteiger partial charge in [-0.2, -0.15) is 0 Å². The Morgan fingerprint density at radius 3 is 3.00 bits per heavy atom. The van der Waals surface area contributed by atoms with Crippen molar-refractivity contribution in [3.8, 4) is 0 Å². The molecule has 3 nitrogen and oxygen atoms in total. The second kappa shape index (κ2) is 6.14. The van der Waals surface area contributed by atoms with E-state index in [4.69, 9.17) is 11.6 Å². The number of carbonyl (C=O) groups is 1. The minimum Gasteiger partial charge on any atom is -0.351 e. The second-order valence-corrected chi connectivity index (χ2v) is 5.64. The van der Waals surface area contributed by atoms with Crippen molar-refractivity contribution in [3.63, 3.8) is 0 Å². The van der Waals surface area contributed by atoms with Gasteiger partial charge in [-0.05, 0) is 11.4 Å². The third kappa shape index (κ3) is 3.80. The van der Waals surface area contributed by atoms with Crippen LogP contribution in [0.2, 0.25) is 0 Å². The van der Waals surface area contributed by atoms with Crippen molar-refractivity contribution in [2.24, 2.45) is 0 Å². The van der Waals surface area contributed by atoms with Gasteiger partial charge in [0.25, 0.3) is 0 Å². The molecule has 17 heavy (non-hydrogen) atoms. The number of nitrogens with zero attached hydrogens (tertiary/aromatic N) is 1. The average molecular weight is 287 g/mol. The molecule has 2 aromatic heterocycles. The van der Waals surface area contributed by atoms with E-state index in [9.17, 15) is 4.79 Å². The lowest BCUT2D eigenvalue weighted by Crippen LogP contribution is -2.24. The Hall–Kier alpha value is -0.910. The first-order valence-electron chi connectivity index (χ1n) is 5.06. The molecule has 90 valence electrons. The lowest BCUT2D eigenvalue weighted by atomic mass is 10.4. The van der Waals surface area contributed by atoms with Crippen LogP contribution in [-0.4, -0.2) is 10.9 Å². The maximum absolute atomic E-state index is 11.6. The topological polar surface area (TPSA) is 42.0 Å². The third-order valence-electron chi connectivity index (χ3n) is 2.09. The van der Waals surface area contributed by atoms with Crippen LogP contribution in [0.3, 0.4) is 0 Å². The third-order valence-corrected chi connectivity index (χ3v) is 4.14. The summed E-state index contributed by atoms with van der Waals surface area (Å²) in [5, 5.41) is 7.55. The number of alkyl halides is 1. The van der Waals surface area contributed by atoms with Gasteiger partial charge in [0.05, 0.1) is 24.5 Å². The molecule has 0 aliphatic carbocycles. The van der Waals surface area contributed by atoms with E-state index in [1.54, 1.807) is 11.3 Å². The van der Waals surface area contributed by atoms with Crippen LogP contribution in [0.4, 0.5) is 0 Å². The fourth-order valence-electron chi connectivity index (χ4n) is 1.29. The van der Waals surface area contributed by atoms with Gasteiger partial charge in [0.2, 0.25) is 5.91 Å². The van der Waals surface area contributed by atoms with Crippen molar-refractivity contribution in [1.82, 2.24) is 10.3 Å². The van der Waals surface area contributed by atoms with Gasteiger partial charge in [0, 0.05) is 10.3 Å². The number of rotatable bonds is 5. The molecule has 1 N–H and O–H groups in total. The molecule has 0 fully saturated rings. The average Bonchev–Trinajstić information content (AvgIpc) is 2.97. The van der Waals surface area contributed by atoms with E-state index in [1.165, 1.54) is 11.3 Å². The Balaban J connectivity index is 1.81. The van der Waals surface area contributed by atoms with Crippen molar-refractivity contribution in [2.75, 3.05) is 0 Å². The quantitative estimate of drug-likeness (QED) is 0.859. The maximum Gasteiger partial charge on any atom is 0.227 e. The van der Waals surface area contributed by atoms with Crippen molar-refractivity contribution in [3.05, 3.63) is 38.5 Å². The highest BCUT2D eigenvalue weighted by Gasteiger charge is 2.07. The Morgan fingerprint density at radius 2 is 2.35 bits per heavy atom. The van der Waals surface area contributed by atoms with Crippen LogP contribution in [0.15, 0.2) is 22.9 Å². The Labute approximate surface area is 112 Å². The molecule has 6 heteroatoms. The molecule has 0 saturated heterocycles. The lowest BCUT2D eigenvalue weighted by molar-refractivity contribution is -0.120. The number of halogens is 1. The molecule has 0 aromatic carbocycles. The number of hydrogen-bond acceptors (Lipinski definition) is 4. The van der Waals surface area contributed by atoms with Crippen LogP contribution in [0.25, 0.3) is 0 Å². The Bertz CT molecular complexity index is 481. The predicted octanol–water partition coefficient (Wildman–Crippen LogP) is 2.80. The molecule has 0 bridgehead atoms. The van der Waals surface area contributed by atoms with Crippen molar-refractivity contribution in [1.29, 1.82) is 0 Å². The summed E-state index contributed by atoms with van der Waals surface area (Å²) in [6.45, 7) is 0.588. The zero-order chi connectivity index (χ0) is 12.1. The summed E-state index contributed by atoms with van der Waals surface area (Å²) in [4.78, 5) is 17.0. The van der Waals surface area contributed by atoms with E-state index in [2.05, 4.69) is 10.3 Å². The van der Waals surface area contributed by atoms with Gasteiger partial charge in [-0.3, -0.25) is 4.79 Å². The summed E-state index contributed by atoms with van der Waals surface area (Å²) in [6, 6.07) is 3.97. The number of amides is 1. The summed E-state index contributed by atoms with van der Waals surface area (Å²) in [6.07, 6.45) is 0.326. The zero-order valence-corrected chi connectivity index (χ0v) is 11.4. The van der Waals surface area contributed by atoms with Crippen LogP contribution in [0.5, 0.6) is 0 Å². The van der Waals surface area contributed by atoms with Crippen LogP contribution in [0, 0.1) is 0 Å². The highest BCUT2D eigenvalue weighted by molar-refractivity contribution is 7.10. The fraction of sp³-hybridized carbons (Fsp3) is 0.273. The first kappa shape index (κ1) is 12.5. The SMILES string of the molecule is O=C(Cc1nc(CCl)cs1)NCc1cccs1. The van der Waals surface area contributed by atoms with E-state index in [1.807, 2.05) is 22.9 Å². The molecule has 0 aliphatic heterocycles. The number of thiazole rings is 1. The minimum atomic E-state index is -0.00567. The Morgan fingerprint density at radius 1 is 1.47 bits per heavy atom. The normalized spacial score (nSPS) is 10.4. The number of nitrogens with one attached hydrogen (secondary N) is 1. The fourth-order valence-corrected chi connectivity index (χ4v) is 2.96. The summed E-state index contributed by atoms with van der Waals surface area (Å²) in [5.74, 6) is 0.390. The van der Waals surface area contributed by atoms with E-state index >= 15 is 0 Å². The zero-order valence-electron chi connectivity index (χ0n) is 8.98. The monoisotopic (exact) mass is 286 g/mol. The smallest absolute Gasteiger partial charge is 0.227 e. The molecule has 0 aliphatic rings. The molecular weight excluding hydrogens is 276 g/mol. The molecule has 0 spiro atoms. The highest BCUT2D eigenvalue weighted by Crippen LogP contribution is 2.12. The van der Waals surface area contributed by atoms with Crippen molar-refractivity contribution >= 4 is 40.2 Å². The van der Waals surface area contributed by atoms with E-state index in [0.717, 1.165) is 15.6 Å².